The second-order valence-corrected chi connectivity index (χ2v) is 5.58. The monoisotopic (exact) mass is 328 g/mol. The van der Waals surface area contributed by atoms with Gasteiger partial charge in [0.2, 0.25) is 0 Å². The highest BCUT2D eigenvalue weighted by Gasteiger charge is 2.29. The maximum Gasteiger partial charge on any atom is 0.412 e. The van der Waals surface area contributed by atoms with E-state index in [9.17, 15) is 14.9 Å². The van der Waals surface area contributed by atoms with E-state index in [0.29, 0.717) is 13.1 Å². The Morgan fingerprint density at radius 3 is 2.58 bits per heavy atom. The van der Waals surface area contributed by atoms with Crippen LogP contribution in [0.3, 0.4) is 0 Å². The highest BCUT2D eigenvalue weighted by molar-refractivity contribution is 5.71. The predicted molar refractivity (Wildman–Crippen MR) is 87.2 cm³/mol. The van der Waals surface area contributed by atoms with Gasteiger partial charge in [0.25, 0.3) is 5.69 Å². The van der Waals surface area contributed by atoms with Crippen LogP contribution in [-0.4, -0.2) is 35.1 Å². The molecule has 1 aromatic heterocycles. The van der Waals surface area contributed by atoms with Gasteiger partial charge in [0.15, 0.2) is 0 Å². The Morgan fingerprint density at radius 1 is 1.29 bits per heavy atom. The molecule has 1 aromatic carbocycles. The molecule has 1 N–H and O–H groups in total. The number of hydrogen-bond donors (Lipinski definition) is 1. The van der Waals surface area contributed by atoms with Gasteiger partial charge in [-0.15, -0.1) is 0 Å². The van der Waals surface area contributed by atoms with Crippen LogP contribution in [0, 0.1) is 17.0 Å². The van der Waals surface area contributed by atoms with Gasteiger partial charge < -0.3 is 15.0 Å². The van der Waals surface area contributed by atoms with E-state index in [0.717, 1.165) is 11.4 Å². The highest BCUT2D eigenvalue weighted by atomic mass is 16.6. The number of anilines is 1. The molecule has 24 heavy (non-hydrogen) atoms. The van der Waals surface area contributed by atoms with Crippen molar-refractivity contribution in [1.82, 2.24) is 10.3 Å². The summed E-state index contributed by atoms with van der Waals surface area (Å²) in [4.78, 5) is 28.3. The number of amides is 1. The molecule has 8 nitrogen and oxygen atoms in total. The highest BCUT2D eigenvalue weighted by Crippen LogP contribution is 2.20. The zero-order valence-electron chi connectivity index (χ0n) is 13.0. The molecule has 8 heteroatoms. The van der Waals surface area contributed by atoms with Crippen LogP contribution in [0.5, 0.6) is 5.75 Å². The van der Waals surface area contributed by atoms with E-state index in [1.165, 1.54) is 24.3 Å². The number of nitro groups is 1. The number of rotatable bonds is 4. The average molecular weight is 328 g/mol. The van der Waals surface area contributed by atoms with Gasteiger partial charge in [-0.05, 0) is 30.7 Å². The lowest BCUT2D eigenvalue weighted by molar-refractivity contribution is -0.384. The Balaban J connectivity index is 1.46. The van der Waals surface area contributed by atoms with E-state index in [-0.39, 0.29) is 17.5 Å². The maximum atomic E-state index is 11.8. The number of nitro benzene ring substituents is 1. The summed E-state index contributed by atoms with van der Waals surface area (Å²) in [6, 6.07) is 9.28. The number of ether oxygens (including phenoxy) is 1. The largest absolute Gasteiger partial charge is 0.412 e. The van der Waals surface area contributed by atoms with Crippen molar-refractivity contribution in [3.8, 4) is 5.75 Å². The number of aryl methyl sites for hydroxylation is 1. The van der Waals surface area contributed by atoms with Crippen molar-refractivity contribution in [2.75, 3.05) is 18.0 Å². The van der Waals surface area contributed by atoms with Crippen LogP contribution in [0.2, 0.25) is 0 Å². The Bertz CT molecular complexity index is 740. The fraction of sp³-hybridized carbons (Fsp3) is 0.250. The predicted octanol–water partition coefficient (Wildman–Crippen LogP) is 2.28. The lowest BCUT2D eigenvalue weighted by Crippen LogP contribution is -2.60. The smallest absolute Gasteiger partial charge is 0.410 e. The van der Waals surface area contributed by atoms with Crippen LogP contribution >= 0.6 is 0 Å². The molecule has 124 valence electrons. The molecule has 1 aliphatic heterocycles. The Labute approximate surface area is 138 Å². The topological polar surface area (TPSA) is 97.6 Å². The molecule has 2 aromatic rings. The van der Waals surface area contributed by atoms with E-state index in [2.05, 4.69) is 15.2 Å². The van der Waals surface area contributed by atoms with Crippen LogP contribution in [0.15, 0.2) is 42.6 Å². The fourth-order valence-corrected chi connectivity index (χ4v) is 2.34. The molecule has 1 amide bonds. The van der Waals surface area contributed by atoms with Gasteiger partial charge in [0, 0.05) is 31.4 Å². The second kappa shape index (κ2) is 6.53. The molecular formula is C16H16N4O4. The number of carbonyl (C=O) groups excluding carboxylic acids is 1. The third kappa shape index (κ3) is 3.60. The van der Waals surface area contributed by atoms with Crippen molar-refractivity contribution < 1.29 is 14.5 Å². The molecule has 0 aliphatic carbocycles. The molecule has 0 unspecified atom stereocenters. The summed E-state index contributed by atoms with van der Waals surface area (Å²) in [6.07, 6.45) is 1.23. The van der Waals surface area contributed by atoms with Gasteiger partial charge in [-0.2, -0.15) is 0 Å². The first-order chi connectivity index (χ1) is 11.5. The van der Waals surface area contributed by atoms with Crippen LogP contribution in [-0.2, 0) is 0 Å². The molecular weight excluding hydrogens is 312 g/mol. The van der Waals surface area contributed by atoms with Gasteiger partial charge >= 0.3 is 6.09 Å². The standard InChI is InChI=1S/C16H16N4O4/c1-11-2-7-15(17-8-11)19-9-12(10-19)18-16(21)24-14-5-3-13(4-6-14)20(22)23/h2-8,12H,9-10H2,1H3,(H,18,21). The van der Waals surface area contributed by atoms with Crippen LogP contribution < -0.4 is 15.0 Å². The number of non-ortho nitro benzene ring substituents is 1. The summed E-state index contributed by atoms with van der Waals surface area (Å²) in [5.41, 5.74) is 1.05. The van der Waals surface area contributed by atoms with Crippen LogP contribution in [0.25, 0.3) is 0 Å². The Kier molecular flexibility index (Phi) is 4.28. The first-order valence-corrected chi connectivity index (χ1v) is 7.41. The van der Waals surface area contributed by atoms with Crippen molar-refractivity contribution in [2.24, 2.45) is 0 Å². The molecule has 2 heterocycles. The summed E-state index contributed by atoms with van der Waals surface area (Å²) in [5, 5.41) is 13.3. The maximum absolute atomic E-state index is 11.8. The number of pyridine rings is 1. The number of aromatic nitrogens is 1. The number of nitrogens with one attached hydrogen (secondary N) is 1. The minimum absolute atomic E-state index is 0.0151. The van der Waals surface area contributed by atoms with Gasteiger partial charge in [-0.1, -0.05) is 6.07 Å². The van der Waals surface area contributed by atoms with Crippen molar-refractivity contribution in [1.29, 1.82) is 0 Å². The first kappa shape index (κ1) is 15.7. The zero-order chi connectivity index (χ0) is 17.1. The number of nitrogens with zero attached hydrogens (tertiary/aromatic N) is 3. The summed E-state index contributed by atoms with van der Waals surface area (Å²) >= 11 is 0. The lowest BCUT2D eigenvalue weighted by atomic mass is 10.1. The molecule has 0 saturated carbocycles. The normalized spacial score (nSPS) is 14.0. The van der Waals surface area contributed by atoms with E-state index >= 15 is 0 Å². The van der Waals surface area contributed by atoms with Crippen molar-refractivity contribution in [3.05, 3.63) is 58.3 Å². The summed E-state index contributed by atoms with van der Waals surface area (Å²) in [7, 11) is 0. The number of hydrogen-bond acceptors (Lipinski definition) is 6. The Hall–Kier alpha value is -3.16. The summed E-state index contributed by atoms with van der Waals surface area (Å²) in [6.45, 7) is 3.29. The quantitative estimate of drug-likeness (QED) is 0.683. The molecule has 1 saturated heterocycles. The first-order valence-electron chi connectivity index (χ1n) is 7.41. The minimum atomic E-state index is -0.578. The third-order valence-electron chi connectivity index (χ3n) is 3.68. The van der Waals surface area contributed by atoms with E-state index < -0.39 is 11.0 Å². The number of benzene rings is 1. The molecule has 0 spiro atoms. The van der Waals surface area contributed by atoms with Crippen molar-refractivity contribution in [3.63, 3.8) is 0 Å². The molecule has 0 radical (unpaired) electrons. The van der Waals surface area contributed by atoms with Crippen LogP contribution in [0.1, 0.15) is 5.56 Å². The second-order valence-electron chi connectivity index (χ2n) is 5.58. The molecule has 1 fully saturated rings. The third-order valence-corrected chi connectivity index (χ3v) is 3.68. The average Bonchev–Trinajstić information content (AvgIpc) is 2.52. The van der Waals surface area contributed by atoms with Gasteiger partial charge in [0.1, 0.15) is 11.6 Å². The van der Waals surface area contributed by atoms with Gasteiger partial charge in [-0.3, -0.25) is 10.1 Å². The molecule has 1 aliphatic rings. The summed E-state index contributed by atoms with van der Waals surface area (Å²) in [5.74, 6) is 1.14. The minimum Gasteiger partial charge on any atom is -0.410 e. The van der Waals surface area contributed by atoms with Gasteiger partial charge in [-0.25, -0.2) is 9.78 Å². The summed E-state index contributed by atoms with van der Waals surface area (Å²) < 4.78 is 5.11. The van der Waals surface area contributed by atoms with Crippen molar-refractivity contribution in [2.45, 2.75) is 13.0 Å². The number of carbonyl (C=O) groups is 1. The van der Waals surface area contributed by atoms with Crippen LogP contribution in [0.4, 0.5) is 16.3 Å². The lowest BCUT2D eigenvalue weighted by Gasteiger charge is -2.40. The van der Waals surface area contributed by atoms with E-state index in [4.69, 9.17) is 4.74 Å². The molecule has 0 atom stereocenters. The molecule has 0 bridgehead atoms. The Morgan fingerprint density at radius 2 is 2.00 bits per heavy atom. The van der Waals surface area contributed by atoms with Crippen molar-refractivity contribution >= 4 is 17.6 Å². The SMILES string of the molecule is Cc1ccc(N2CC(NC(=O)Oc3ccc([N+](=O)[O-])cc3)C2)nc1. The zero-order valence-corrected chi connectivity index (χ0v) is 13.0. The van der Waals surface area contributed by atoms with E-state index in [1.54, 1.807) is 6.20 Å². The van der Waals surface area contributed by atoms with Gasteiger partial charge in [0.05, 0.1) is 11.0 Å². The fourth-order valence-electron chi connectivity index (χ4n) is 2.34. The molecule has 3 rings (SSSR count). The van der Waals surface area contributed by atoms with E-state index in [1.807, 2.05) is 19.1 Å².